The number of carboxylic acid groups (broad SMARTS) is 1. The standard InChI is InChI=1S/C8H12Br2O4/c1-5(11)14-4-7(10)6(9)2-3-8(12)13/h6-7H,2-4H2,1H3,(H,12,13)/t6-,7-/m1/s1. The molecule has 0 unspecified atom stereocenters. The van der Waals surface area contributed by atoms with Crippen molar-refractivity contribution in [1.82, 2.24) is 0 Å². The van der Waals surface area contributed by atoms with Gasteiger partial charge in [0.05, 0.1) is 4.83 Å². The first-order valence-corrected chi connectivity index (χ1v) is 5.90. The van der Waals surface area contributed by atoms with Crippen molar-refractivity contribution in [3.8, 4) is 0 Å². The number of carboxylic acids is 1. The lowest BCUT2D eigenvalue weighted by atomic mass is 10.2. The van der Waals surface area contributed by atoms with E-state index in [1.807, 2.05) is 0 Å². The number of aliphatic carboxylic acids is 1. The Bertz CT molecular complexity index is 186. The van der Waals surface area contributed by atoms with Crippen molar-refractivity contribution >= 4 is 43.8 Å². The monoisotopic (exact) mass is 330 g/mol. The maximum absolute atomic E-state index is 10.5. The molecule has 0 radical (unpaired) electrons. The first kappa shape index (κ1) is 13.9. The predicted molar refractivity (Wildman–Crippen MR) is 58.9 cm³/mol. The van der Waals surface area contributed by atoms with Crippen LogP contribution in [-0.2, 0) is 14.3 Å². The summed E-state index contributed by atoms with van der Waals surface area (Å²) in [5.74, 6) is -1.17. The maximum atomic E-state index is 10.5. The Balaban J connectivity index is 3.69. The van der Waals surface area contributed by atoms with E-state index in [4.69, 9.17) is 9.84 Å². The van der Waals surface area contributed by atoms with Crippen LogP contribution in [0.15, 0.2) is 0 Å². The maximum Gasteiger partial charge on any atom is 0.303 e. The third kappa shape index (κ3) is 7.32. The first-order chi connectivity index (χ1) is 6.43. The van der Waals surface area contributed by atoms with Crippen LogP contribution in [0.4, 0.5) is 0 Å². The van der Waals surface area contributed by atoms with Crippen LogP contribution in [0.2, 0.25) is 0 Å². The molecular weight excluding hydrogens is 320 g/mol. The molecule has 82 valence electrons. The van der Waals surface area contributed by atoms with Gasteiger partial charge in [0.2, 0.25) is 0 Å². The molecule has 0 aliphatic heterocycles. The van der Waals surface area contributed by atoms with Crippen LogP contribution in [-0.4, -0.2) is 33.3 Å². The zero-order valence-corrected chi connectivity index (χ0v) is 10.9. The number of carbonyl (C=O) groups excluding carboxylic acids is 1. The lowest BCUT2D eigenvalue weighted by molar-refractivity contribution is -0.141. The van der Waals surface area contributed by atoms with Crippen molar-refractivity contribution in [2.75, 3.05) is 6.61 Å². The molecule has 0 aromatic rings. The minimum absolute atomic E-state index is 0.0158. The molecule has 0 aliphatic rings. The fraction of sp³-hybridized carbons (Fsp3) is 0.750. The summed E-state index contributed by atoms with van der Waals surface area (Å²) < 4.78 is 4.77. The fourth-order valence-corrected chi connectivity index (χ4v) is 1.52. The van der Waals surface area contributed by atoms with E-state index in [-0.39, 0.29) is 28.7 Å². The molecule has 0 aromatic heterocycles. The quantitative estimate of drug-likeness (QED) is 0.596. The molecule has 4 nitrogen and oxygen atoms in total. The van der Waals surface area contributed by atoms with Crippen molar-refractivity contribution in [3.05, 3.63) is 0 Å². The SMILES string of the molecule is CC(=O)OC[C@@H](Br)[C@H](Br)CCC(=O)O. The smallest absolute Gasteiger partial charge is 0.303 e. The number of ether oxygens (including phenoxy) is 1. The van der Waals surface area contributed by atoms with E-state index in [0.29, 0.717) is 6.42 Å². The topological polar surface area (TPSA) is 63.6 Å². The van der Waals surface area contributed by atoms with E-state index in [2.05, 4.69) is 31.9 Å². The van der Waals surface area contributed by atoms with Crippen LogP contribution in [0.5, 0.6) is 0 Å². The second-order valence-corrected chi connectivity index (χ2v) is 5.12. The van der Waals surface area contributed by atoms with Gasteiger partial charge in [-0.2, -0.15) is 0 Å². The Hall–Kier alpha value is -0.100. The Morgan fingerprint density at radius 3 is 2.36 bits per heavy atom. The van der Waals surface area contributed by atoms with Gasteiger partial charge in [-0.15, -0.1) is 0 Å². The molecule has 1 N–H and O–H groups in total. The highest BCUT2D eigenvalue weighted by atomic mass is 79.9. The zero-order chi connectivity index (χ0) is 11.1. The molecule has 6 heteroatoms. The molecule has 0 saturated heterocycles. The molecule has 14 heavy (non-hydrogen) atoms. The summed E-state index contributed by atoms with van der Waals surface area (Å²) in [5.41, 5.74) is 0. The van der Waals surface area contributed by atoms with Gasteiger partial charge in [0.25, 0.3) is 0 Å². The third-order valence-electron chi connectivity index (χ3n) is 1.47. The summed E-state index contributed by atoms with van der Waals surface area (Å²) in [5, 5.41) is 8.44. The number of hydrogen-bond donors (Lipinski definition) is 1. The highest BCUT2D eigenvalue weighted by molar-refractivity contribution is 9.12. The van der Waals surface area contributed by atoms with Gasteiger partial charge in [0.1, 0.15) is 6.61 Å². The molecule has 2 atom stereocenters. The van der Waals surface area contributed by atoms with Crippen LogP contribution in [0.25, 0.3) is 0 Å². The summed E-state index contributed by atoms with van der Waals surface area (Å²) in [7, 11) is 0. The minimum Gasteiger partial charge on any atom is -0.481 e. The first-order valence-electron chi connectivity index (χ1n) is 4.06. The van der Waals surface area contributed by atoms with Crippen molar-refractivity contribution in [3.63, 3.8) is 0 Å². The molecule has 0 aliphatic carbocycles. The van der Waals surface area contributed by atoms with Crippen LogP contribution < -0.4 is 0 Å². The normalized spacial score (nSPS) is 14.5. The van der Waals surface area contributed by atoms with Crippen molar-refractivity contribution in [1.29, 1.82) is 0 Å². The van der Waals surface area contributed by atoms with Crippen molar-refractivity contribution in [2.45, 2.75) is 29.4 Å². The molecule has 0 amide bonds. The van der Waals surface area contributed by atoms with E-state index in [1.54, 1.807) is 0 Å². The van der Waals surface area contributed by atoms with Crippen LogP contribution in [0, 0.1) is 0 Å². The summed E-state index contributed by atoms with van der Waals surface area (Å²) >= 11 is 6.63. The summed E-state index contributed by atoms with van der Waals surface area (Å²) in [6, 6.07) is 0. The van der Waals surface area contributed by atoms with Gasteiger partial charge >= 0.3 is 11.9 Å². The second kappa shape index (κ2) is 7.23. The molecular formula is C8H12Br2O4. The number of halogens is 2. The van der Waals surface area contributed by atoms with E-state index in [0.717, 1.165) is 0 Å². The zero-order valence-electron chi connectivity index (χ0n) is 7.70. The Labute approximate surface area is 99.3 Å². The number of rotatable bonds is 6. The number of carbonyl (C=O) groups is 2. The molecule has 0 aromatic carbocycles. The second-order valence-electron chi connectivity index (χ2n) is 2.77. The van der Waals surface area contributed by atoms with Crippen LogP contribution in [0.3, 0.4) is 0 Å². The average Bonchev–Trinajstić information content (AvgIpc) is 2.09. The fourth-order valence-electron chi connectivity index (χ4n) is 0.744. The largest absolute Gasteiger partial charge is 0.481 e. The summed E-state index contributed by atoms with van der Waals surface area (Å²) in [4.78, 5) is 20.7. The van der Waals surface area contributed by atoms with Gasteiger partial charge in [-0.25, -0.2) is 0 Å². The number of esters is 1. The lowest BCUT2D eigenvalue weighted by Gasteiger charge is -2.15. The molecule has 0 rings (SSSR count). The van der Waals surface area contributed by atoms with Crippen molar-refractivity contribution in [2.24, 2.45) is 0 Å². The Morgan fingerprint density at radius 1 is 1.36 bits per heavy atom. The number of alkyl halides is 2. The molecule has 0 bridgehead atoms. The average molecular weight is 332 g/mol. The van der Waals surface area contributed by atoms with Gasteiger partial charge in [-0.3, -0.25) is 9.59 Å². The predicted octanol–water partition coefficient (Wildman–Crippen LogP) is 1.94. The van der Waals surface area contributed by atoms with Gasteiger partial charge in [0, 0.05) is 18.2 Å². The van der Waals surface area contributed by atoms with Gasteiger partial charge < -0.3 is 9.84 Å². The number of hydrogen-bond acceptors (Lipinski definition) is 3. The van der Waals surface area contributed by atoms with Gasteiger partial charge in [-0.1, -0.05) is 31.9 Å². The molecule has 0 fully saturated rings. The van der Waals surface area contributed by atoms with E-state index in [9.17, 15) is 9.59 Å². The van der Waals surface area contributed by atoms with Gasteiger partial charge in [-0.05, 0) is 6.42 Å². The highest BCUT2D eigenvalue weighted by Crippen LogP contribution is 2.19. The van der Waals surface area contributed by atoms with E-state index >= 15 is 0 Å². The summed E-state index contributed by atoms with van der Waals surface area (Å²) in [6.45, 7) is 1.57. The van der Waals surface area contributed by atoms with Crippen molar-refractivity contribution < 1.29 is 19.4 Å². The third-order valence-corrected chi connectivity index (χ3v) is 4.18. The van der Waals surface area contributed by atoms with E-state index < -0.39 is 5.97 Å². The molecule has 0 spiro atoms. The lowest BCUT2D eigenvalue weighted by Crippen LogP contribution is -2.22. The Morgan fingerprint density at radius 2 is 1.93 bits per heavy atom. The summed E-state index contributed by atoms with van der Waals surface area (Å²) in [6.07, 6.45) is 0.588. The van der Waals surface area contributed by atoms with Crippen LogP contribution >= 0.6 is 31.9 Å². The highest BCUT2D eigenvalue weighted by Gasteiger charge is 2.17. The minimum atomic E-state index is -0.832. The molecule has 0 heterocycles. The Kier molecular flexibility index (Phi) is 7.17. The van der Waals surface area contributed by atoms with Gasteiger partial charge in [0.15, 0.2) is 0 Å². The van der Waals surface area contributed by atoms with E-state index in [1.165, 1.54) is 6.92 Å². The van der Waals surface area contributed by atoms with Crippen LogP contribution in [0.1, 0.15) is 19.8 Å². The molecule has 0 saturated carbocycles.